The number of nitrogens with one attached hydrogen (secondary N) is 1. The Balaban J connectivity index is 1.82. The molecular weight excluding hydrogens is 378 g/mol. The number of ether oxygens (including phenoxy) is 2. The molecule has 0 spiro atoms. The fraction of sp³-hybridized carbons (Fsp3) is 0.333. The zero-order chi connectivity index (χ0) is 21.4. The van der Waals surface area contributed by atoms with Crippen molar-refractivity contribution in [2.75, 3.05) is 19.0 Å². The molecule has 0 saturated heterocycles. The third-order valence-corrected chi connectivity index (χ3v) is 5.51. The molecule has 0 amide bonds. The summed E-state index contributed by atoms with van der Waals surface area (Å²) in [6.45, 7) is 9.31. The van der Waals surface area contributed by atoms with Crippen molar-refractivity contribution in [3.63, 3.8) is 0 Å². The quantitative estimate of drug-likeness (QED) is 0.675. The summed E-state index contributed by atoms with van der Waals surface area (Å²) in [6, 6.07) is 10.2. The Morgan fingerprint density at radius 1 is 1.07 bits per heavy atom. The van der Waals surface area contributed by atoms with Gasteiger partial charge in [0, 0.05) is 23.9 Å². The Hall–Kier alpha value is -3.28. The van der Waals surface area contributed by atoms with Crippen LogP contribution in [-0.2, 0) is 13.0 Å². The van der Waals surface area contributed by atoms with Crippen LogP contribution in [0, 0.1) is 20.8 Å². The van der Waals surface area contributed by atoms with E-state index < -0.39 is 0 Å². The Bertz CT molecular complexity index is 1160. The number of benzene rings is 2. The Kier molecular flexibility index (Phi) is 5.24. The van der Waals surface area contributed by atoms with Crippen LogP contribution < -0.4 is 20.5 Å². The van der Waals surface area contributed by atoms with E-state index in [4.69, 9.17) is 9.47 Å². The van der Waals surface area contributed by atoms with Gasteiger partial charge in [-0.25, -0.2) is 4.79 Å². The summed E-state index contributed by atoms with van der Waals surface area (Å²) in [5.41, 5.74) is 7.13. The lowest BCUT2D eigenvalue weighted by Gasteiger charge is -2.24. The molecule has 0 bridgehead atoms. The number of methoxy groups -OCH3 is 1. The molecule has 1 aromatic heterocycles. The summed E-state index contributed by atoms with van der Waals surface area (Å²) in [5.74, 6) is 1.93. The van der Waals surface area contributed by atoms with Crippen molar-refractivity contribution in [1.29, 1.82) is 0 Å². The van der Waals surface area contributed by atoms with Gasteiger partial charge in [-0.15, -0.1) is 0 Å². The zero-order valence-electron chi connectivity index (χ0n) is 18.1. The topological polar surface area (TPSA) is 65.4 Å². The van der Waals surface area contributed by atoms with Gasteiger partial charge < -0.3 is 14.8 Å². The van der Waals surface area contributed by atoms with Crippen molar-refractivity contribution < 1.29 is 9.47 Å². The minimum Gasteiger partial charge on any atom is -0.493 e. The number of aryl methyl sites for hydroxylation is 4. The maximum Gasteiger partial charge on any atom is 0.350 e. The predicted molar refractivity (Wildman–Crippen MR) is 119 cm³/mol. The molecule has 1 N–H and O–H groups in total. The molecule has 0 aliphatic carbocycles. The lowest BCUT2D eigenvalue weighted by molar-refractivity contribution is 0.310. The zero-order valence-corrected chi connectivity index (χ0v) is 18.1. The maximum absolute atomic E-state index is 12.8. The van der Waals surface area contributed by atoms with E-state index in [2.05, 4.69) is 43.2 Å². The highest BCUT2D eigenvalue weighted by Gasteiger charge is 2.22. The Morgan fingerprint density at radius 2 is 1.80 bits per heavy atom. The van der Waals surface area contributed by atoms with Gasteiger partial charge >= 0.3 is 5.69 Å². The highest BCUT2D eigenvalue weighted by atomic mass is 16.5. The first-order valence-electron chi connectivity index (χ1n) is 10.2. The third-order valence-electron chi connectivity index (χ3n) is 5.51. The lowest BCUT2D eigenvalue weighted by Crippen LogP contribution is -2.28. The van der Waals surface area contributed by atoms with Crippen molar-refractivity contribution in [2.45, 2.75) is 40.7 Å². The molecule has 0 unspecified atom stereocenters. The van der Waals surface area contributed by atoms with Gasteiger partial charge in [-0.3, -0.25) is 4.57 Å². The van der Waals surface area contributed by atoms with Gasteiger partial charge in [-0.1, -0.05) is 17.7 Å². The SMILES string of the molecule is CCOc1cc2c(cc1OC)-c1cc(Nc3c(C)cc(C)cc3C)nc(=O)n1CC2. The van der Waals surface area contributed by atoms with E-state index >= 15 is 0 Å². The largest absolute Gasteiger partial charge is 0.493 e. The van der Waals surface area contributed by atoms with Gasteiger partial charge in [-0.05, 0) is 62.9 Å². The molecule has 6 heteroatoms. The molecule has 2 heterocycles. The van der Waals surface area contributed by atoms with Gasteiger partial charge in [0.05, 0.1) is 19.4 Å². The molecule has 4 rings (SSSR count). The number of aromatic nitrogens is 2. The van der Waals surface area contributed by atoms with Gasteiger partial charge in [0.2, 0.25) is 0 Å². The molecule has 3 aromatic rings. The molecule has 1 aliphatic heterocycles. The number of nitrogens with zero attached hydrogens (tertiary/aromatic N) is 2. The first kappa shape index (κ1) is 20.0. The molecule has 0 atom stereocenters. The summed E-state index contributed by atoms with van der Waals surface area (Å²) in [4.78, 5) is 17.1. The van der Waals surface area contributed by atoms with Crippen LogP contribution in [0.2, 0.25) is 0 Å². The van der Waals surface area contributed by atoms with E-state index in [0.717, 1.165) is 45.8 Å². The van der Waals surface area contributed by atoms with Gasteiger partial charge in [0.1, 0.15) is 5.82 Å². The lowest BCUT2D eigenvalue weighted by atomic mass is 9.96. The summed E-state index contributed by atoms with van der Waals surface area (Å²) >= 11 is 0. The number of anilines is 2. The van der Waals surface area contributed by atoms with Crippen molar-refractivity contribution >= 4 is 11.5 Å². The number of fused-ring (bicyclic) bond motifs is 3. The minimum atomic E-state index is -0.254. The average Bonchev–Trinajstić information content (AvgIpc) is 2.70. The summed E-state index contributed by atoms with van der Waals surface area (Å²) in [6.07, 6.45) is 0.747. The van der Waals surface area contributed by atoms with Gasteiger partial charge in [0.25, 0.3) is 0 Å². The maximum atomic E-state index is 12.8. The molecule has 6 nitrogen and oxygen atoms in total. The van der Waals surface area contributed by atoms with E-state index in [1.165, 1.54) is 5.56 Å². The summed E-state index contributed by atoms with van der Waals surface area (Å²) in [5, 5.41) is 3.37. The van der Waals surface area contributed by atoms with Crippen molar-refractivity contribution in [3.05, 3.63) is 63.1 Å². The monoisotopic (exact) mass is 405 g/mol. The Labute approximate surface area is 176 Å². The minimum absolute atomic E-state index is 0.254. The van der Waals surface area contributed by atoms with E-state index in [1.807, 2.05) is 25.1 Å². The van der Waals surface area contributed by atoms with Crippen LogP contribution in [0.15, 0.2) is 35.1 Å². The first-order valence-corrected chi connectivity index (χ1v) is 10.2. The normalized spacial score (nSPS) is 12.2. The van der Waals surface area contributed by atoms with E-state index in [0.29, 0.717) is 24.7 Å². The standard InChI is InChI=1S/C24H27N3O3/c1-6-30-21-11-17-7-8-27-19(18(17)12-20(21)29-5)13-22(26-24(27)28)25-23-15(3)9-14(2)10-16(23)4/h9-13H,6-8H2,1-5H3,(H,25,26,28). The molecule has 2 aromatic carbocycles. The molecule has 1 aliphatic rings. The fourth-order valence-electron chi connectivity index (χ4n) is 4.22. The highest BCUT2D eigenvalue weighted by Crippen LogP contribution is 2.38. The van der Waals surface area contributed by atoms with Crippen LogP contribution in [0.3, 0.4) is 0 Å². The van der Waals surface area contributed by atoms with Crippen molar-refractivity contribution in [3.8, 4) is 22.8 Å². The molecular formula is C24H27N3O3. The second-order valence-electron chi connectivity index (χ2n) is 7.70. The van der Waals surface area contributed by atoms with E-state index in [9.17, 15) is 4.79 Å². The predicted octanol–water partition coefficient (Wildman–Crippen LogP) is 4.54. The smallest absolute Gasteiger partial charge is 0.350 e. The van der Waals surface area contributed by atoms with Crippen molar-refractivity contribution in [1.82, 2.24) is 9.55 Å². The molecule has 30 heavy (non-hydrogen) atoms. The van der Waals surface area contributed by atoms with Gasteiger partial charge in [-0.2, -0.15) is 4.98 Å². The molecule has 156 valence electrons. The van der Waals surface area contributed by atoms with Crippen LogP contribution in [0.4, 0.5) is 11.5 Å². The second-order valence-corrected chi connectivity index (χ2v) is 7.70. The van der Waals surface area contributed by atoms with Crippen LogP contribution in [-0.4, -0.2) is 23.3 Å². The highest BCUT2D eigenvalue weighted by molar-refractivity contribution is 5.74. The summed E-state index contributed by atoms with van der Waals surface area (Å²) < 4.78 is 13.0. The third kappa shape index (κ3) is 3.54. The van der Waals surface area contributed by atoms with Crippen LogP contribution in [0.1, 0.15) is 29.2 Å². The van der Waals surface area contributed by atoms with Gasteiger partial charge in [0.15, 0.2) is 11.5 Å². The molecule has 0 saturated carbocycles. The molecule has 0 fully saturated rings. The van der Waals surface area contributed by atoms with E-state index in [-0.39, 0.29) is 5.69 Å². The van der Waals surface area contributed by atoms with Crippen LogP contribution in [0.5, 0.6) is 11.5 Å². The van der Waals surface area contributed by atoms with Crippen LogP contribution >= 0.6 is 0 Å². The summed E-state index contributed by atoms with van der Waals surface area (Å²) in [7, 11) is 1.63. The van der Waals surface area contributed by atoms with Crippen molar-refractivity contribution in [2.24, 2.45) is 0 Å². The Morgan fingerprint density at radius 3 is 2.47 bits per heavy atom. The van der Waals surface area contributed by atoms with Crippen LogP contribution in [0.25, 0.3) is 11.3 Å². The number of hydrogen-bond acceptors (Lipinski definition) is 5. The number of hydrogen-bond donors (Lipinski definition) is 1. The first-order chi connectivity index (χ1) is 14.4. The fourth-order valence-corrected chi connectivity index (χ4v) is 4.22. The average molecular weight is 405 g/mol. The molecule has 0 radical (unpaired) electrons. The second kappa shape index (κ2) is 7.86. The van der Waals surface area contributed by atoms with E-state index in [1.54, 1.807) is 11.7 Å². The number of rotatable bonds is 5.